The van der Waals surface area contributed by atoms with Gasteiger partial charge in [0.2, 0.25) is 0 Å². The van der Waals surface area contributed by atoms with E-state index in [-0.39, 0.29) is 0 Å². The predicted molar refractivity (Wildman–Crippen MR) is 71.8 cm³/mol. The van der Waals surface area contributed by atoms with E-state index in [9.17, 15) is 0 Å². The number of hydrogen-bond donors (Lipinski definition) is 0. The molecule has 4 fully saturated rings. The number of rotatable bonds is 6. The third-order valence-corrected chi connectivity index (χ3v) is 5.32. The smallest absolute Gasteiger partial charge is 0.0929 e. The lowest BCUT2D eigenvalue weighted by molar-refractivity contribution is -0.146. The fourth-order valence-corrected chi connectivity index (χ4v) is 5.46. The van der Waals surface area contributed by atoms with E-state index in [4.69, 9.17) is 9.47 Å². The topological polar surface area (TPSA) is 18.5 Å². The third kappa shape index (κ3) is 1.96. The average Bonchev–Trinajstić information content (AvgIpc) is 2.32. The van der Waals surface area contributed by atoms with Crippen LogP contribution >= 0.6 is 0 Å². The molecule has 0 N–H and O–H groups in total. The molecule has 0 spiro atoms. The summed E-state index contributed by atoms with van der Waals surface area (Å²) in [6, 6.07) is 0. The summed E-state index contributed by atoms with van der Waals surface area (Å²) in [7, 11) is 0. The second kappa shape index (κ2) is 4.32. The molecule has 4 bridgehead atoms. The first-order chi connectivity index (χ1) is 8.69. The maximum absolute atomic E-state index is 5.57. The molecular formula is C16H24O2. The molecule has 0 unspecified atom stereocenters. The van der Waals surface area contributed by atoms with Crippen LogP contribution in [-0.4, -0.2) is 13.2 Å². The van der Waals surface area contributed by atoms with Crippen molar-refractivity contribution in [3.63, 3.8) is 0 Å². The molecule has 4 aliphatic carbocycles. The zero-order valence-electron chi connectivity index (χ0n) is 11.2. The van der Waals surface area contributed by atoms with Gasteiger partial charge in [0, 0.05) is 10.8 Å². The highest BCUT2D eigenvalue weighted by Crippen LogP contribution is 2.65. The van der Waals surface area contributed by atoms with Gasteiger partial charge < -0.3 is 9.47 Å². The van der Waals surface area contributed by atoms with E-state index in [1.807, 2.05) is 0 Å². The van der Waals surface area contributed by atoms with Gasteiger partial charge in [-0.25, -0.2) is 0 Å². The molecule has 0 saturated heterocycles. The van der Waals surface area contributed by atoms with Crippen molar-refractivity contribution in [3.05, 3.63) is 25.7 Å². The van der Waals surface area contributed by atoms with Crippen molar-refractivity contribution < 1.29 is 9.47 Å². The lowest BCUT2D eigenvalue weighted by atomic mass is 9.44. The maximum atomic E-state index is 5.57. The summed E-state index contributed by atoms with van der Waals surface area (Å²) in [5, 5.41) is 0. The standard InChI is InChI=1S/C16H24O2/c1-3-17-11-15-6-13-5-14(7-15)9-16(8-13,10-15)12-18-4-2/h3-4,13-14H,1-2,5-12H2. The maximum Gasteiger partial charge on any atom is 0.0929 e. The van der Waals surface area contributed by atoms with Crippen LogP contribution in [0.2, 0.25) is 0 Å². The summed E-state index contributed by atoms with van der Waals surface area (Å²) in [6.45, 7) is 9.09. The minimum Gasteiger partial charge on any atom is -0.501 e. The summed E-state index contributed by atoms with van der Waals surface area (Å²) in [4.78, 5) is 0. The molecule has 4 rings (SSSR count). The van der Waals surface area contributed by atoms with E-state index < -0.39 is 0 Å². The Morgan fingerprint density at radius 2 is 1.33 bits per heavy atom. The molecule has 18 heavy (non-hydrogen) atoms. The number of ether oxygens (including phenoxy) is 2. The molecule has 4 aliphatic rings. The normalized spacial score (nSPS) is 44.7. The van der Waals surface area contributed by atoms with Crippen LogP contribution in [0.5, 0.6) is 0 Å². The Morgan fingerprint density at radius 3 is 1.72 bits per heavy atom. The first kappa shape index (κ1) is 12.1. The van der Waals surface area contributed by atoms with Crippen molar-refractivity contribution in [3.8, 4) is 0 Å². The lowest BCUT2D eigenvalue weighted by Crippen LogP contribution is -2.54. The highest BCUT2D eigenvalue weighted by Gasteiger charge is 2.58. The van der Waals surface area contributed by atoms with Crippen molar-refractivity contribution in [2.45, 2.75) is 38.5 Å². The van der Waals surface area contributed by atoms with Crippen LogP contribution in [0.3, 0.4) is 0 Å². The summed E-state index contributed by atoms with van der Waals surface area (Å²) < 4.78 is 11.1. The van der Waals surface area contributed by atoms with Gasteiger partial charge in [-0.15, -0.1) is 0 Å². The zero-order valence-corrected chi connectivity index (χ0v) is 11.2. The Kier molecular flexibility index (Phi) is 2.91. The molecule has 0 atom stereocenters. The van der Waals surface area contributed by atoms with Crippen molar-refractivity contribution >= 4 is 0 Å². The van der Waals surface area contributed by atoms with E-state index in [0.29, 0.717) is 10.8 Å². The largest absolute Gasteiger partial charge is 0.501 e. The Labute approximate surface area is 110 Å². The molecule has 0 aliphatic heterocycles. The molecule has 0 radical (unpaired) electrons. The Bertz CT molecular complexity index is 303. The Hall–Kier alpha value is -0.920. The molecule has 0 aromatic carbocycles. The van der Waals surface area contributed by atoms with Crippen molar-refractivity contribution in [1.82, 2.24) is 0 Å². The van der Waals surface area contributed by atoms with Crippen LogP contribution in [0.25, 0.3) is 0 Å². The Balaban J connectivity index is 1.78. The van der Waals surface area contributed by atoms with Crippen molar-refractivity contribution in [2.24, 2.45) is 22.7 Å². The van der Waals surface area contributed by atoms with Crippen LogP contribution in [-0.2, 0) is 9.47 Å². The highest BCUT2D eigenvalue weighted by molar-refractivity contribution is 5.07. The molecule has 0 amide bonds. The minimum atomic E-state index is 0.406. The lowest BCUT2D eigenvalue weighted by Gasteiger charge is -2.61. The van der Waals surface area contributed by atoms with Crippen molar-refractivity contribution in [1.29, 1.82) is 0 Å². The second-order valence-corrected chi connectivity index (χ2v) is 6.92. The molecule has 0 aromatic rings. The zero-order chi connectivity index (χ0) is 12.6. The Morgan fingerprint density at radius 1 is 0.889 bits per heavy atom. The molecule has 100 valence electrons. The van der Waals surface area contributed by atoms with E-state index >= 15 is 0 Å². The molecule has 0 heterocycles. The van der Waals surface area contributed by atoms with Gasteiger partial charge in [0.1, 0.15) is 0 Å². The van der Waals surface area contributed by atoms with Gasteiger partial charge in [0.15, 0.2) is 0 Å². The van der Waals surface area contributed by atoms with E-state index in [1.54, 1.807) is 12.5 Å². The van der Waals surface area contributed by atoms with Gasteiger partial charge in [-0.3, -0.25) is 0 Å². The molecular weight excluding hydrogens is 224 g/mol. The van der Waals surface area contributed by atoms with Crippen LogP contribution in [0.15, 0.2) is 25.7 Å². The second-order valence-electron chi connectivity index (χ2n) is 6.92. The van der Waals surface area contributed by atoms with Gasteiger partial charge in [-0.05, 0) is 50.4 Å². The molecule has 2 heteroatoms. The summed E-state index contributed by atoms with van der Waals surface area (Å²) >= 11 is 0. The fourth-order valence-electron chi connectivity index (χ4n) is 5.46. The van der Waals surface area contributed by atoms with Gasteiger partial charge in [0.25, 0.3) is 0 Å². The quantitative estimate of drug-likeness (QED) is 0.664. The van der Waals surface area contributed by atoms with E-state index in [2.05, 4.69) is 13.2 Å². The van der Waals surface area contributed by atoms with Crippen LogP contribution in [0, 0.1) is 22.7 Å². The number of hydrogen-bond acceptors (Lipinski definition) is 2. The van der Waals surface area contributed by atoms with Crippen LogP contribution < -0.4 is 0 Å². The van der Waals surface area contributed by atoms with Gasteiger partial charge in [0.05, 0.1) is 25.7 Å². The summed E-state index contributed by atoms with van der Waals surface area (Å²) in [6.07, 6.45) is 11.3. The van der Waals surface area contributed by atoms with Gasteiger partial charge in [-0.2, -0.15) is 0 Å². The van der Waals surface area contributed by atoms with Crippen molar-refractivity contribution in [2.75, 3.05) is 13.2 Å². The van der Waals surface area contributed by atoms with E-state index in [0.717, 1.165) is 25.0 Å². The minimum absolute atomic E-state index is 0.406. The van der Waals surface area contributed by atoms with Gasteiger partial charge in [-0.1, -0.05) is 13.2 Å². The third-order valence-electron chi connectivity index (χ3n) is 5.32. The monoisotopic (exact) mass is 248 g/mol. The molecule has 2 nitrogen and oxygen atoms in total. The fraction of sp³-hybridized carbons (Fsp3) is 0.750. The first-order valence-corrected chi connectivity index (χ1v) is 7.14. The van der Waals surface area contributed by atoms with Gasteiger partial charge >= 0.3 is 0 Å². The summed E-state index contributed by atoms with van der Waals surface area (Å²) in [5.41, 5.74) is 0.811. The average molecular weight is 248 g/mol. The van der Waals surface area contributed by atoms with Crippen LogP contribution in [0.1, 0.15) is 38.5 Å². The summed E-state index contributed by atoms with van der Waals surface area (Å²) in [5.74, 6) is 1.79. The van der Waals surface area contributed by atoms with Crippen LogP contribution in [0.4, 0.5) is 0 Å². The first-order valence-electron chi connectivity index (χ1n) is 7.14. The predicted octanol–water partition coefficient (Wildman–Crippen LogP) is 3.89. The molecule has 4 saturated carbocycles. The highest BCUT2D eigenvalue weighted by atomic mass is 16.5. The SMILES string of the molecule is C=COCC12CC3CC(C1)CC(COC=C)(C3)C2. The van der Waals surface area contributed by atoms with E-state index in [1.165, 1.54) is 38.5 Å². The molecule has 0 aromatic heterocycles.